The minimum Gasteiger partial charge on any atom is -0.177 e. The Morgan fingerprint density at radius 1 is 0.550 bits per heavy atom. The van der Waals surface area contributed by atoms with Crippen molar-refractivity contribution in [2.75, 3.05) is 0 Å². The van der Waals surface area contributed by atoms with E-state index in [-0.39, 0.29) is 0 Å². The Hall–Kier alpha value is 0.224. The Morgan fingerprint density at radius 3 is 0.800 bits per heavy atom. The molecular weight excluding hydrogens is 293 g/mol. The van der Waals surface area contributed by atoms with Gasteiger partial charge in [0, 0.05) is 0 Å². The maximum atomic E-state index is 12.4. The molecule has 0 saturated carbocycles. The lowest BCUT2D eigenvalue weighted by atomic mass is 10.9. The zero-order chi connectivity index (χ0) is 16.4. The Labute approximate surface area is 126 Å². The molecule has 0 aromatic carbocycles. The lowest BCUT2D eigenvalue weighted by molar-refractivity contribution is -0.0577. The topological polar surface area (TPSA) is 0 Å². The van der Waals surface area contributed by atoms with Crippen molar-refractivity contribution in [2.45, 2.75) is 96.6 Å². The molecule has 0 unspecified atom stereocenters. The molecular formula is C15H35F3Si2. The lowest BCUT2D eigenvalue weighted by Gasteiger charge is -2.29. The summed E-state index contributed by atoms with van der Waals surface area (Å²) in [6.45, 7) is 14.4. The molecule has 0 spiro atoms. The Balaban J connectivity index is 0. The molecule has 0 heterocycles. The molecule has 0 saturated heterocycles. The van der Waals surface area contributed by atoms with Crippen LogP contribution in [-0.4, -0.2) is 21.9 Å². The molecule has 0 N–H and O–H groups in total. The van der Waals surface area contributed by atoms with Gasteiger partial charge in [-0.15, -0.1) is 0 Å². The van der Waals surface area contributed by atoms with Crippen molar-refractivity contribution in [1.29, 1.82) is 0 Å². The first-order chi connectivity index (χ1) is 9.17. The zero-order valence-electron chi connectivity index (χ0n) is 14.6. The average Bonchev–Trinajstić information content (AvgIpc) is 2.44. The molecule has 0 aliphatic carbocycles. The summed E-state index contributed by atoms with van der Waals surface area (Å²) < 4.78 is 37.3. The van der Waals surface area contributed by atoms with Gasteiger partial charge < -0.3 is 0 Å². The molecule has 0 bridgehead atoms. The van der Waals surface area contributed by atoms with Gasteiger partial charge in [0.05, 0.1) is 8.07 Å². The van der Waals surface area contributed by atoms with E-state index in [2.05, 4.69) is 27.7 Å². The molecule has 0 fully saturated rings. The predicted octanol–water partition coefficient (Wildman–Crippen LogP) is 7.11. The van der Waals surface area contributed by atoms with Crippen LogP contribution in [0.2, 0.25) is 42.3 Å². The van der Waals surface area contributed by atoms with Gasteiger partial charge >= 0.3 is 5.80 Å². The first-order valence-electron chi connectivity index (χ1n) is 8.24. The zero-order valence-corrected chi connectivity index (χ0v) is 16.6. The fourth-order valence-corrected chi connectivity index (χ4v) is 8.55. The van der Waals surface area contributed by atoms with E-state index >= 15 is 0 Å². The molecule has 0 aliphatic rings. The van der Waals surface area contributed by atoms with Gasteiger partial charge in [0.1, 0.15) is 0 Å². The summed E-state index contributed by atoms with van der Waals surface area (Å²) in [7, 11) is -3.61. The summed E-state index contributed by atoms with van der Waals surface area (Å²) in [6.07, 6.45) is 0. The number of halogens is 3. The van der Waals surface area contributed by atoms with Crippen molar-refractivity contribution >= 4 is 16.1 Å². The highest BCUT2D eigenvalue weighted by molar-refractivity contribution is 6.81. The van der Waals surface area contributed by atoms with Crippen molar-refractivity contribution in [3.63, 3.8) is 0 Å². The summed E-state index contributed by atoms with van der Waals surface area (Å²) in [5.74, 6) is -3.90. The predicted molar refractivity (Wildman–Crippen MR) is 90.9 cm³/mol. The van der Waals surface area contributed by atoms with Crippen molar-refractivity contribution < 1.29 is 13.2 Å². The Kier molecular flexibility index (Phi) is 11.3. The second-order valence-electron chi connectivity index (χ2n) is 5.75. The summed E-state index contributed by atoms with van der Waals surface area (Å²) in [6, 6.07) is 6.90. The minimum atomic E-state index is -3.90. The van der Waals surface area contributed by atoms with Gasteiger partial charge in [-0.05, 0) is 0 Å². The normalized spacial score (nSPS) is 12.9. The third kappa shape index (κ3) is 5.92. The van der Waals surface area contributed by atoms with E-state index in [0.29, 0.717) is 18.1 Å². The first kappa shape index (κ1) is 22.5. The third-order valence-corrected chi connectivity index (χ3v) is 16.9. The maximum absolute atomic E-state index is 12.4. The molecule has 0 aliphatic heterocycles. The van der Waals surface area contributed by atoms with E-state index < -0.39 is 21.9 Å². The van der Waals surface area contributed by atoms with E-state index in [0.717, 1.165) is 0 Å². The maximum Gasteiger partial charge on any atom is 0.361 e. The number of rotatable bonds is 7. The smallest absolute Gasteiger partial charge is 0.177 e. The molecule has 124 valence electrons. The van der Waals surface area contributed by atoms with Crippen LogP contribution in [0.4, 0.5) is 13.2 Å². The van der Waals surface area contributed by atoms with Crippen molar-refractivity contribution in [1.82, 2.24) is 0 Å². The van der Waals surface area contributed by atoms with Crippen LogP contribution < -0.4 is 0 Å². The van der Waals surface area contributed by atoms with Crippen LogP contribution in [0.5, 0.6) is 0 Å². The van der Waals surface area contributed by atoms with Crippen LogP contribution in [0.25, 0.3) is 0 Å². The van der Waals surface area contributed by atoms with E-state index in [1.807, 2.05) is 0 Å². The van der Waals surface area contributed by atoms with Gasteiger partial charge in [0.25, 0.3) is 0 Å². The Bertz CT molecular complexity index is 206. The van der Waals surface area contributed by atoms with E-state index in [1.165, 1.54) is 24.2 Å². The second kappa shape index (κ2) is 10.0. The SMILES string of the molecule is CC[Si](CC)(CC)C(F)(F)F.CC[Si](CC)(CC)CC. The van der Waals surface area contributed by atoms with E-state index in [9.17, 15) is 13.2 Å². The van der Waals surface area contributed by atoms with Gasteiger partial charge in [0.15, 0.2) is 8.07 Å². The molecule has 5 heteroatoms. The highest BCUT2D eigenvalue weighted by Gasteiger charge is 2.52. The number of hydrogen-bond acceptors (Lipinski definition) is 0. The standard InChI is InChI=1S/C8H20Si.C7H15F3Si/c1-5-9(6-2,7-3)8-4;1-4-11(5-2,6-3)7(8,9)10/h5-8H2,1-4H3;4-6H2,1-3H3. The van der Waals surface area contributed by atoms with Crippen LogP contribution in [-0.2, 0) is 0 Å². The van der Waals surface area contributed by atoms with Crippen LogP contribution in [0.15, 0.2) is 0 Å². The highest BCUT2D eigenvalue weighted by Crippen LogP contribution is 2.37. The molecule has 0 amide bonds. The average molecular weight is 329 g/mol. The van der Waals surface area contributed by atoms with E-state index in [4.69, 9.17) is 0 Å². The van der Waals surface area contributed by atoms with Gasteiger partial charge in [-0.1, -0.05) is 90.8 Å². The van der Waals surface area contributed by atoms with Crippen molar-refractivity contribution in [3.05, 3.63) is 0 Å². The summed E-state index contributed by atoms with van der Waals surface area (Å²) in [4.78, 5) is 0. The quantitative estimate of drug-likeness (QED) is 0.437. The highest BCUT2D eigenvalue weighted by atomic mass is 28.3. The molecule has 0 atom stereocenters. The fraction of sp³-hybridized carbons (Fsp3) is 1.00. The van der Waals surface area contributed by atoms with Gasteiger partial charge in [-0.3, -0.25) is 0 Å². The van der Waals surface area contributed by atoms with Crippen LogP contribution in [0.1, 0.15) is 48.5 Å². The second-order valence-corrected chi connectivity index (χ2v) is 16.8. The largest absolute Gasteiger partial charge is 0.361 e. The molecule has 0 radical (unpaired) electrons. The summed E-state index contributed by atoms with van der Waals surface area (Å²) >= 11 is 0. The molecule has 0 nitrogen and oxygen atoms in total. The molecule has 20 heavy (non-hydrogen) atoms. The van der Waals surface area contributed by atoms with Gasteiger partial charge in [-0.25, -0.2) is 0 Å². The minimum absolute atomic E-state index is 0.323. The van der Waals surface area contributed by atoms with E-state index in [1.54, 1.807) is 20.8 Å². The molecule has 0 aromatic rings. The number of alkyl halides is 3. The van der Waals surface area contributed by atoms with Gasteiger partial charge in [0.2, 0.25) is 0 Å². The monoisotopic (exact) mass is 328 g/mol. The lowest BCUT2D eigenvalue weighted by Crippen LogP contribution is -2.48. The number of hydrogen-bond donors (Lipinski definition) is 0. The summed E-state index contributed by atoms with van der Waals surface area (Å²) in [5, 5.41) is 0. The van der Waals surface area contributed by atoms with Crippen molar-refractivity contribution in [3.8, 4) is 0 Å². The Morgan fingerprint density at radius 2 is 0.800 bits per heavy atom. The van der Waals surface area contributed by atoms with Crippen molar-refractivity contribution in [2.24, 2.45) is 0 Å². The first-order valence-corrected chi connectivity index (χ1v) is 13.7. The summed E-state index contributed by atoms with van der Waals surface area (Å²) in [5.41, 5.74) is 0. The molecule has 0 rings (SSSR count). The van der Waals surface area contributed by atoms with Crippen LogP contribution in [0.3, 0.4) is 0 Å². The molecule has 0 aromatic heterocycles. The third-order valence-electron chi connectivity index (χ3n) is 5.63. The van der Waals surface area contributed by atoms with Crippen LogP contribution in [0, 0.1) is 0 Å². The van der Waals surface area contributed by atoms with Crippen LogP contribution >= 0.6 is 0 Å². The fourth-order valence-electron chi connectivity index (χ4n) is 2.85. The van der Waals surface area contributed by atoms with Gasteiger partial charge in [-0.2, -0.15) is 13.2 Å².